The van der Waals surface area contributed by atoms with Crippen LogP contribution in [-0.2, 0) is 6.54 Å². The molecule has 1 aromatic rings. The Kier molecular flexibility index (Phi) is 4.87. The highest BCUT2D eigenvalue weighted by molar-refractivity contribution is 6.33. The van der Waals surface area contributed by atoms with E-state index >= 15 is 0 Å². The Bertz CT molecular complexity index is 395. The van der Waals surface area contributed by atoms with Crippen molar-refractivity contribution < 1.29 is 5.11 Å². The first-order chi connectivity index (χ1) is 8.76. The third kappa shape index (κ3) is 2.97. The molecular formula is C14H21ClN2O. The Morgan fingerprint density at radius 3 is 2.89 bits per heavy atom. The molecule has 3 N–H and O–H groups in total. The van der Waals surface area contributed by atoms with Crippen molar-refractivity contribution >= 4 is 17.3 Å². The van der Waals surface area contributed by atoms with Crippen LogP contribution >= 0.6 is 11.6 Å². The van der Waals surface area contributed by atoms with Gasteiger partial charge in [-0.3, -0.25) is 0 Å². The van der Waals surface area contributed by atoms with E-state index in [-0.39, 0.29) is 6.61 Å². The monoisotopic (exact) mass is 268 g/mol. The second-order valence-corrected chi connectivity index (χ2v) is 5.25. The second kappa shape index (κ2) is 6.41. The summed E-state index contributed by atoms with van der Waals surface area (Å²) in [6.45, 7) is 1.77. The van der Waals surface area contributed by atoms with Crippen LogP contribution in [0.1, 0.15) is 31.2 Å². The number of benzene rings is 1. The van der Waals surface area contributed by atoms with Gasteiger partial charge in [-0.25, -0.2) is 0 Å². The van der Waals surface area contributed by atoms with E-state index in [0.717, 1.165) is 35.7 Å². The fraction of sp³-hybridized carbons (Fsp3) is 0.571. The number of rotatable bonds is 4. The van der Waals surface area contributed by atoms with Crippen LogP contribution in [0.15, 0.2) is 18.2 Å². The summed E-state index contributed by atoms with van der Waals surface area (Å²) >= 11 is 6.35. The molecule has 2 rings (SSSR count). The van der Waals surface area contributed by atoms with E-state index in [1.54, 1.807) is 0 Å². The maximum absolute atomic E-state index is 9.16. The molecule has 1 aliphatic heterocycles. The molecule has 1 aromatic carbocycles. The minimum atomic E-state index is 0.236. The normalized spacial score (nSPS) is 20.2. The minimum Gasteiger partial charge on any atom is -0.396 e. The SMILES string of the molecule is NCc1ccc(N2CCCCC2CCO)c(Cl)c1. The molecule has 3 nitrogen and oxygen atoms in total. The van der Waals surface area contributed by atoms with E-state index in [9.17, 15) is 0 Å². The summed E-state index contributed by atoms with van der Waals surface area (Å²) in [5.74, 6) is 0. The summed E-state index contributed by atoms with van der Waals surface area (Å²) in [5.41, 5.74) is 7.75. The lowest BCUT2D eigenvalue weighted by Gasteiger charge is -2.38. The molecule has 1 saturated heterocycles. The number of halogens is 1. The first-order valence-corrected chi connectivity index (χ1v) is 7.00. The number of piperidine rings is 1. The molecule has 4 heteroatoms. The van der Waals surface area contributed by atoms with Gasteiger partial charge in [0.05, 0.1) is 10.7 Å². The van der Waals surface area contributed by atoms with E-state index < -0.39 is 0 Å². The van der Waals surface area contributed by atoms with Crippen LogP contribution < -0.4 is 10.6 Å². The molecule has 1 unspecified atom stereocenters. The fourth-order valence-corrected chi connectivity index (χ4v) is 2.99. The van der Waals surface area contributed by atoms with Crippen LogP contribution in [0.4, 0.5) is 5.69 Å². The molecule has 1 heterocycles. The third-order valence-electron chi connectivity index (χ3n) is 3.65. The van der Waals surface area contributed by atoms with E-state index in [4.69, 9.17) is 22.4 Å². The summed E-state index contributed by atoms with van der Waals surface area (Å²) in [4.78, 5) is 2.34. The Morgan fingerprint density at radius 2 is 2.22 bits per heavy atom. The number of aliphatic hydroxyl groups is 1. The van der Waals surface area contributed by atoms with Gasteiger partial charge in [0, 0.05) is 25.7 Å². The molecule has 100 valence electrons. The van der Waals surface area contributed by atoms with Crippen LogP contribution in [0.3, 0.4) is 0 Å². The quantitative estimate of drug-likeness (QED) is 0.882. The summed E-state index contributed by atoms with van der Waals surface area (Å²) in [6, 6.07) is 6.44. The summed E-state index contributed by atoms with van der Waals surface area (Å²) in [7, 11) is 0. The van der Waals surface area contributed by atoms with Gasteiger partial charge in [0.1, 0.15) is 0 Å². The minimum absolute atomic E-state index is 0.236. The largest absolute Gasteiger partial charge is 0.396 e. The van der Waals surface area contributed by atoms with E-state index in [0.29, 0.717) is 12.6 Å². The highest BCUT2D eigenvalue weighted by atomic mass is 35.5. The van der Waals surface area contributed by atoms with Crippen molar-refractivity contribution in [2.45, 2.75) is 38.3 Å². The van der Waals surface area contributed by atoms with Gasteiger partial charge < -0.3 is 15.7 Å². The van der Waals surface area contributed by atoms with Crippen molar-refractivity contribution in [3.05, 3.63) is 28.8 Å². The molecule has 1 fully saturated rings. The summed E-state index contributed by atoms with van der Waals surface area (Å²) in [6.07, 6.45) is 4.38. The lowest BCUT2D eigenvalue weighted by molar-refractivity contribution is 0.262. The highest BCUT2D eigenvalue weighted by Crippen LogP contribution is 2.32. The lowest BCUT2D eigenvalue weighted by Crippen LogP contribution is -2.40. The zero-order chi connectivity index (χ0) is 13.0. The third-order valence-corrected chi connectivity index (χ3v) is 3.95. The molecule has 0 radical (unpaired) electrons. The van der Waals surface area contributed by atoms with Crippen molar-refractivity contribution in [1.29, 1.82) is 0 Å². The first kappa shape index (κ1) is 13.7. The summed E-state index contributed by atoms with van der Waals surface area (Å²) < 4.78 is 0. The molecule has 0 amide bonds. The average molecular weight is 269 g/mol. The van der Waals surface area contributed by atoms with Gasteiger partial charge in [0.15, 0.2) is 0 Å². The van der Waals surface area contributed by atoms with Crippen molar-refractivity contribution in [2.75, 3.05) is 18.1 Å². The molecule has 0 spiro atoms. The number of aliphatic hydroxyl groups excluding tert-OH is 1. The highest BCUT2D eigenvalue weighted by Gasteiger charge is 2.23. The molecule has 0 aliphatic carbocycles. The van der Waals surface area contributed by atoms with Crippen molar-refractivity contribution in [3.63, 3.8) is 0 Å². The van der Waals surface area contributed by atoms with E-state index in [1.165, 1.54) is 12.8 Å². The molecule has 0 saturated carbocycles. The molecule has 0 bridgehead atoms. The van der Waals surface area contributed by atoms with Crippen LogP contribution in [0.25, 0.3) is 0 Å². The topological polar surface area (TPSA) is 49.5 Å². The van der Waals surface area contributed by atoms with Gasteiger partial charge in [-0.2, -0.15) is 0 Å². The number of anilines is 1. The van der Waals surface area contributed by atoms with E-state index in [1.807, 2.05) is 12.1 Å². The molecule has 1 aliphatic rings. The molecule has 0 aromatic heterocycles. The number of nitrogens with zero attached hydrogens (tertiary/aromatic N) is 1. The Balaban J connectivity index is 2.22. The fourth-order valence-electron chi connectivity index (χ4n) is 2.68. The Morgan fingerprint density at radius 1 is 1.39 bits per heavy atom. The van der Waals surface area contributed by atoms with Crippen molar-refractivity contribution in [3.8, 4) is 0 Å². The smallest absolute Gasteiger partial charge is 0.0642 e. The number of hydrogen-bond acceptors (Lipinski definition) is 3. The van der Waals surface area contributed by atoms with E-state index in [2.05, 4.69) is 11.0 Å². The van der Waals surface area contributed by atoms with Crippen molar-refractivity contribution in [2.24, 2.45) is 5.73 Å². The van der Waals surface area contributed by atoms with Crippen molar-refractivity contribution in [1.82, 2.24) is 0 Å². The maximum atomic E-state index is 9.16. The standard InChI is InChI=1S/C14H21ClN2O/c15-13-9-11(10-16)4-5-14(13)17-7-2-1-3-12(17)6-8-18/h4-5,9,12,18H,1-3,6-8,10,16H2. The van der Waals surface area contributed by atoms with Crippen LogP contribution in [-0.4, -0.2) is 24.3 Å². The zero-order valence-electron chi connectivity index (χ0n) is 10.6. The number of nitrogens with two attached hydrogens (primary N) is 1. The van der Waals surface area contributed by atoms with Crippen LogP contribution in [0.5, 0.6) is 0 Å². The Hall–Kier alpha value is -0.770. The second-order valence-electron chi connectivity index (χ2n) is 4.85. The maximum Gasteiger partial charge on any atom is 0.0642 e. The van der Waals surface area contributed by atoms with Gasteiger partial charge in [-0.15, -0.1) is 0 Å². The van der Waals surface area contributed by atoms with Gasteiger partial charge in [-0.05, 0) is 43.4 Å². The summed E-state index contributed by atoms with van der Waals surface area (Å²) in [5, 5.41) is 9.92. The molecule has 1 atom stereocenters. The van der Waals surface area contributed by atoms with Gasteiger partial charge in [0.2, 0.25) is 0 Å². The van der Waals surface area contributed by atoms with Gasteiger partial charge in [-0.1, -0.05) is 17.7 Å². The first-order valence-electron chi connectivity index (χ1n) is 6.62. The predicted octanol–water partition coefficient (Wildman–Crippen LogP) is 2.54. The number of hydrogen-bond donors (Lipinski definition) is 2. The predicted molar refractivity (Wildman–Crippen MR) is 76.0 cm³/mol. The zero-order valence-corrected chi connectivity index (χ0v) is 11.4. The lowest BCUT2D eigenvalue weighted by atomic mass is 9.98. The van der Waals surface area contributed by atoms with Crippen LogP contribution in [0, 0.1) is 0 Å². The molecule has 18 heavy (non-hydrogen) atoms. The van der Waals surface area contributed by atoms with Crippen LogP contribution in [0.2, 0.25) is 5.02 Å². The Labute approximate surface area is 114 Å². The van der Waals surface area contributed by atoms with Gasteiger partial charge >= 0.3 is 0 Å². The van der Waals surface area contributed by atoms with Gasteiger partial charge in [0.25, 0.3) is 0 Å². The average Bonchev–Trinajstić information content (AvgIpc) is 2.40. The molecular weight excluding hydrogens is 248 g/mol.